The molecule has 1 aromatic heterocycles. The van der Waals surface area contributed by atoms with Gasteiger partial charge in [-0.3, -0.25) is 9.48 Å². The average molecular weight is 337 g/mol. The first-order chi connectivity index (χ1) is 11.1. The smallest absolute Gasteiger partial charge is 0.225 e. The van der Waals surface area contributed by atoms with Crippen molar-refractivity contribution in [2.45, 2.75) is 19.0 Å². The lowest BCUT2D eigenvalue weighted by Crippen LogP contribution is -2.48. The zero-order valence-corrected chi connectivity index (χ0v) is 13.3. The Morgan fingerprint density at radius 1 is 1.48 bits per heavy atom. The van der Waals surface area contributed by atoms with E-state index in [1.165, 1.54) is 12.1 Å². The van der Waals surface area contributed by atoms with Gasteiger partial charge in [0.05, 0.1) is 17.3 Å². The van der Waals surface area contributed by atoms with Crippen molar-refractivity contribution in [2.24, 2.45) is 0 Å². The summed E-state index contributed by atoms with van der Waals surface area (Å²) in [5.74, 6) is -0.251. The van der Waals surface area contributed by atoms with Crippen LogP contribution in [0.3, 0.4) is 0 Å². The Morgan fingerprint density at radius 2 is 2.35 bits per heavy atom. The van der Waals surface area contributed by atoms with Crippen LogP contribution < -0.4 is 5.32 Å². The number of rotatable bonds is 4. The van der Waals surface area contributed by atoms with Crippen molar-refractivity contribution in [2.75, 3.05) is 19.6 Å². The predicted octanol–water partition coefficient (Wildman–Crippen LogP) is 2.24. The second-order valence-electron chi connectivity index (χ2n) is 5.53. The molecule has 23 heavy (non-hydrogen) atoms. The third-order valence-corrected chi connectivity index (χ3v) is 4.15. The lowest BCUT2D eigenvalue weighted by atomic mass is 10.0. The van der Waals surface area contributed by atoms with Crippen LogP contribution in [-0.2, 0) is 11.3 Å². The number of nitrogens with zero attached hydrogens (tertiary/aromatic N) is 3. The molecule has 1 amide bonds. The molecule has 1 N–H and O–H groups in total. The Morgan fingerprint density at radius 3 is 3.09 bits per heavy atom. The Labute approximate surface area is 139 Å². The van der Waals surface area contributed by atoms with E-state index in [2.05, 4.69) is 10.4 Å². The van der Waals surface area contributed by atoms with Gasteiger partial charge in [0.2, 0.25) is 5.91 Å². The van der Waals surface area contributed by atoms with Gasteiger partial charge >= 0.3 is 0 Å². The van der Waals surface area contributed by atoms with Gasteiger partial charge in [0, 0.05) is 38.8 Å². The Bertz CT molecular complexity index is 690. The normalized spacial score (nSPS) is 18.2. The van der Waals surface area contributed by atoms with Crippen LogP contribution in [0.5, 0.6) is 0 Å². The fourth-order valence-electron chi connectivity index (χ4n) is 2.83. The van der Waals surface area contributed by atoms with Crippen molar-refractivity contribution in [1.82, 2.24) is 20.0 Å². The van der Waals surface area contributed by atoms with E-state index in [-0.39, 0.29) is 17.8 Å². The van der Waals surface area contributed by atoms with Gasteiger partial charge in [-0.25, -0.2) is 4.39 Å². The Hall–Kier alpha value is -1.92. The third kappa shape index (κ3) is 3.89. The molecule has 1 aliphatic rings. The molecule has 122 valence electrons. The minimum Gasteiger partial charge on any atom is -0.333 e. The Kier molecular flexibility index (Phi) is 4.93. The summed E-state index contributed by atoms with van der Waals surface area (Å²) in [5.41, 5.74) is 0.813. The minimum absolute atomic E-state index is 0.0346. The summed E-state index contributed by atoms with van der Waals surface area (Å²) >= 11 is 5.82. The van der Waals surface area contributed by atoms with Gasteiger partial charge in [-0.05, 0) is 17.7 Å². The summed E-state index contributed by atoms with van der Waals surface area (Å²) in [6, 6.07) is 6.29. The maximum atomic E-state index is 13.5. The van der Waals surface area contributed by atoms with Gasteiger partial charge in [-0.15, -0.1) is 0 Å². The molecule has 0 saturated carbocycles. The first-order valence-electron chi connectivity index (χ1n) is 7.57. The molecule has 1 atom stereocenters. The zero-order chi connectivity index (χ0) is 16.2. The molecule has 7 heteroatoms. The van der Waals surface area contributed by atoms with Crippen LogP contribution in [0.4, 0.5) is 4.39 Å². The molecule has 2 heterocycles. The van der Waals surface area contributed by atoms with E-state index in [9.17, 15) is 9.18 Å². The first-order valence-corrected chi connectivity index (χ1v) is 7.95. The standard InChI is InChI=1S/C16H18ClFN4O/c17-13-9-20-21(11-13)6-4-16(23)22-7-5-19-10-15(22)12-2-1-3-14(18)8-12/h1-3,8-9,11,15,19H,4-7,10H2. The number of hydrogen-bond acceptors (Lipinski definition) is 3. The molecule has 1 fully saturated rings. The van der Waals surface area contributed by atoms with Crippen molar-refractivity contribution in [3.63, 3.8) is 0 Å². The maximum absolute atomic E-state index is 13.5. The fraction of sp³-hybridized carbons (Fsp3) is 0.375. The summed E-state index contributed by atoms with van der Waals surface area (Å²) in [6.45, 7) is 2.46. The topological polar surface area (TPSA) is 50.2 Å². The number of halogens is 2. The molecular weight excluding hydrogens is 319 g/mol. The van der Waals surface area contributed by atoms with Gasteiger partial charge in [-0.1, -0.05) is 23.7 Å². The van der Waals surface area contributed by atoms with Gasteiger partial charge in [0.15, 0.2) is 0 Å². The van der Waals surface area contributed by atoms with Crippen molar-refractivity contribution >= 4 is 17.5 Å². The first kappa shape index (κ1) is 16.0. The number of aromatic nitrogens is 2. The van der Waals surface area contributed by atoms with E-state index in [4.69, 9.17) is 11.6 Å². The highest BCUT2D eigenvalue weighted by Gasteiger charge is 2.27. The van der Waals surface area contributed by atoms with Gasteiger partial charge < -0.3 is 10.2 Å². The maximum Gasteiger partial charge on any atom is 0.225 e. The highest BCUT2D eigenvalue weighted by Crippen LogP contribution is 2.23. The van der Waals surface area contributed by atoms with Crippen LogP contribution in [-0.4, -0.2) is 40.2 Å². The van der Waals surface area contributed by atoms with Crippen molar-refractivity contribution in [1.29, 1.82) is 0 Å². The number of aryl methyl sites for hydroxylation is 1. The molecule has 1 saturated heterocycles. The quantitative estimate of drug-likeness (QED) is 0.931. The van der Waals surface area contributed by atoms with Gasteiger partial charge in [0.1, 0.15) is 5.82 Å². The summed E-state index contributed by atoms with van der Waals surface area (Å²) in [7, 11) is 0. The Balaban J connectivity index is 1.69. The van der Waals surface area contributed by atoms with Crippen LogP contribution in [0.1, 0.15) is 18.0 Å². The van der Waals surface area contributed by atoms with Crippen LogP contribution in [0.25, 0.3) is 0 Å². The third-order valence-electron chi connectivity index (χ3n) is 3.95. The SMILES string of the molecule is O=C(CCn1cc(Cl)cn1)N1CCNCC1c1cccc(F)c1. The van der Waals surface area contributed by atoms with E-state index in [0.717, 1.165) is 12.1 Å². The van der Waals surface area contributed by atoms with E-state index in [1.54, 1.807) is 23.1 Å². The molecule has 1 aromatic carbocycles. The molecule has 0 aliphatic carbocycles. The van der Waals surface area contributed by atoms with Crippen molar-refractivity contribution in [3.8, 4) is 0 Å². The predicted molar refractivity (Wildman–Crippen MR) is 85.6 cm³/mol. The van der Waals surface area contributed by atoms with E-state index in [1.807, 2.05) is 11.0 Å². The lowest BCUT2D eigenvalue weighted by Gasteiger charge is -2.36. The van der Waals surface area contributed by atoms with Crippen LogP contribution in [0.15, 0.2) is 36.7 Å². The molecule has 1 aliphatic heterocycles. The average Bonchev–Trinajstić information content (AvgIpc) is 2.98. The second-order valence-corrected chi connectivity index (χ2v) is 5.97. The van der Waals surface area contributed by atoms with Crippen LogP contribution >= 0.6 is 11.6 Å². The van der Waals surface area contributed by atoms with Gasteiger partial charge in [-0.2, -0.15) is 5.10 Å². The number of hydrogen-bond donors (Lipinski definition) is 1. The van der Waals surface area contributed by atoms with E-state index in [0.29, 0.717) is 31.1 Å². The van der Waals surface area contributed by atoms with Crippen LogP contribution in [0, 0.1) is 5.82 Å². The lowest BCUT2D eigenvalue weighted by molar-refractivity contribution is -0.134. The van der Waals surface area contributed by atoms with E-state index < -0.39 is 0 Å². The summed E-state index contributed by atoms with van der Waals surface area (Å²) in [5, 5.41) is 7.89. The van der Waals surface area contributed by atoms with E-state index >= 15 is 0 Å². The summed E-state index contributed by atoms with van der Waals surface area (Å²) in [6.07, 6.45) is 3.58. The van der Waals surface area contributed by atoms with Crippen molar-refractivity contribution < 1.29 is 9.18 Å². The molecule has 5 nitrogen and oxygen atoms in total. The monoisotopic (exact) mass is 336 g/mol. The highest BCUT2D eigenvalue weighted by atomic mass is 35.5. The second kappa shape index (κ2) is 7.10. The molecule has 0 bridgehead atoms. The number of amides is 1. The number of carbonyl (C=O) groups is 1. The molecule has 1 unspecified atom stereocenters. The number of nitrogens with one attached hydrogen (secondary N) is 1. The molecule has 2 aromatic rings. The number of benzene rings is 1. The summed E-state index contributed by atoms with van der Waals surface area (Å²) < 4.78 is 15.1. The molecule has 0 radical (unpaired) electrons. The molecular formula is C16H18ClFN4O. The molecule has 3 rings (SSSR count). The van der Waals surface area contributed by atoms with Gasteiger partial charge in [0.25, 0.3) is 0 Å². The molecule has 0 spiro atoms. The van der Waals surface area contributed by atoms with Crippen molar-refractivity contribution in [3.05, 3.63) is 53.1 Å². The number of piperazine rings is 1. The summed E-state index contributed by atoms with van der Waals surface area (Å²) in [4.78, 5) is 14.4. The fourth-order valence-corrected chi connectivity index (χ4v) is 2.99. The highest BCUT2D eigenvalue weighted by molar-refractivity contribution is 6.30. The minimum atomic E-state index is -0.286. The number of carbonyl (C=O) groups excluding carboxylic acids is 1. The largest absolute Gasteiger partial charge is 0.333 e. The zero-order valence-electron chi connectivity index (χ0n) is 12.6. The van der Waals surface area contributed by atoms with Crippen LogP contribution in [0.2, 0.25) is 5.02 Å².